The molecule has 1 aromatic rings. The van der Waals surface area contributed by atoms with Crippen molar-refractivity contribution in [3.05, 3.63) is 22.2 Å². The molecule has 1 aliphatic heterocycles. The van der Waals surface area contributed by atoms with Gasteiger partial charge in [0, 0.05) is 16.9 Å². The van der Waals surface area contributed by atoms with E-state index in [2.05, 4.69) is 20.7 Å². The monoisotopic (exact) mass is 361 g/mol. The first-order valence-electron chi connectivity index (χ1n) is 6.56. The first-order chi connectivity index (χ1) is 9.30. The maximum absolute atomic E-state index is 12.2. The molecule has 20 heavy (non-hydrogen) atoms. The summed E-state index contributed by atoms with van der Waals surface area (Å²) in [4.78, 5) is 0. The molecule has 1 unspecified atom stereocenters. The number of hydrogen-bond acceptors (Lipinski definition) is 4. The van der Waals surface area contributed by atoms with E-state index >= 15 is 0 Å². The summed E-state index contributed by atoms with van der Waals surface area (Å²) in [5.41, 5.74) is 0.959. The molecule has 0 aromatic heterocycles. The number of hydrogen-bond donors (Lipinski definition) is 1. The van der Waals surface area contributed by atoms with Gasteiger partial charge >= 0.3 is 0 Å². The minimum Gasteiger partial charge on any atom is -0.598 e. The average Bonchev–Trinajstić information content (AvgIpc) is 2.38. The lowest BCUT2D eigenvalue weighted by atomic mass is 10.1. The molecule has 1 aromatic carbocycles. The van der Waals surface area contributed by atoms with Crippen LogP contribution in [0.2, 0.25) is 0 Å². The summed E-state index contributed by atoms with van der Waals surface area (Å²) >= 11 is 2.33. The number of benzene rings is 1. The van der Waals surface area contributed by atoms with Gasteiger partial charge in [-0.3, -0.25) is 0 Å². The fourth-order valence-corrected chi connectivity index (χ4v) is 3.09. The van der Waals surface area contributed by atoms with Crippen LogP contribution in [0.3, 0.4) is 0 Å². The molecule has 0 saturated carbocycles. The molecule has 1 heterocycles. The summed E-state index contributed by atoms with van der Waals surface area (Å²) < 4.78 is 27.3. The average molecular weight is 362 g/mol. The SMILES string of the molecule is C[C@@H](N[S+]([O-])C(C)(C)C)c1ccc(Br)c2c1OCCO2. The highest BCUT2D eigenvalue weighted by Crippen LogP contribution is 2.42. The van der Waals surface area contributed by atoms with Gasteiger partial charge in [-0.25, -0.2) is 0 Å². The van der Waals surface area contributed by atoms with Crippen molar-refractivity contribution < 1.29 is 14.0 Å². The molecular formula is C14H20BrNO3S. The van der Waals surface area contributed by atoms with Gasteiger partial charge in [0.15, 0.2) is 11.5 Å². The highest BCUT2D eigenvalue weighted by molar-refractivity contribution is 9.10. The van der Waals surface area contributed by atoms with Crippen molar-refractivity contribution in [3.63, 3.8) is 0 Å². The zero-order valence-electron chi connectivity index (χ0n) is 12.2. The zero-order chi connectivity index (χ0) is 14.9. The van der Waals surface area contributed by atoms with Crippen molar-refractivity contribution in [1.29, 1.82) is 0 Å². The fourth-order valence-electron chi connectivity index (χ4n) is 1.87. The molecular weight excluding hydrogens is 342 g/mol. The molecule has 0 fully saturated rings. The standard InChI is InChI=1S/C14H20BrNO3S/c1-9(16-20(17)14(2,3)4)10-5-6-11(15)13-12(10)18-7-8-19-13/h5-6,9,16H,7-8H2,1-4H3/t9-,20?/m1/s1. The zero-order valence-corrected chi connectivity index (χ0v) is 14.6. The van der Waals surface area contributed by atoms with Gasteiger partial charge in [0.2, 0.25) is 0 Å². The van der Waals surface area contributed by atoms with Gasteiger partial charge in [-0.05, 0) is 49.7 Å². The Hall–Kier alpha value is -0.430. The smallest absolute Gasteiger partial charge is 0.175 e. The Bertz CT molecular complexity index is 490. The Morgan fingerprint density at radius 3 is 2.45 bits per heavy atom. The molecule has 4 nitrogen and oxygen atoms in total. The quantitative estimate of drug-likeness (QED) is 0.838. The third-order valence-corrected chi connectivity index (χ3v) is 5.28. The van der Waals surface area contributed by atoms with Crippen LogP contribution in [0.4, 0.5) is 0 Å². The first-order valence-corrected chi connectivity index (χ1v) is 8.51. The third-order valence-electron chi connectivity index (χ3n) is 2.98. The van der Waals surface area contributed by atoms with Gasteiger partial charge in [-0.1, -0.05) is 6.07 Å². The van der Waals surface area contributed by atoms with Crippen molar-refractivity contribution in [2.24, 2.45) is 0 Å². The summed E-state index contributed by atoms with van der Waals surface area (Å²) in [5, 5.41) is 0. The van der Waals surface area contributed by atoms with Crippen molar-refractivity contribution >= 4 is 27.3 Å². The summed E-state index contributed by atoms with van der Waals surface area (Å²) in [6.07, 6.45) is 0. The van der Waals surface area contributed by atoms with Crippen molar-refractivity contribution in [3.8, 4) is 11.5 Å². The minimum absolute atomic E-state index is 0.0846. The highest BCUT2D eigenvalue weighted by Gasteiger charge is 2.30. The Morgan fingerprint density at radius 1 is 1.25 bits per heavy atom. The van der Waals surface area contributed by atoms with Crippen LogP contribution in [-0.2, 0) is 11.4 Å². The van der Waals surface area contributed by atoms with Gasteiger partial charge in [0.1, 0.15) is 18.0 Å². The van der Waals surface area contributed by atoms with Crippen LogP contribution in [0.1, 0.15) is 39.3 Å². The molecule has 1 aliphatic rings. The highest BCUT2D eigenvalue weighted by atomic mass is 79.9. The Kier molecular flexibility index (Phi) is 4.89. The molecule has 0 amide bonds. The molecule has 0 bridgehead atoms. The Labute approximate surface area is 131 Å². The van der Waals surface area contributed by atoms with Crippen molar-refractivity contribution in [2.45, 2.75) is 38.5 Å². The van der Waals surface area contributed by atoms with Crippen LogP contribution in [0, 0.1) is 0 Å². The third kappa shape index (κ3) is 3.42. The van der Waals surface area contributed by atoms with E-state index < -0.39 is 11.4 Å². The number of nitrogens with one attached hydrogen (secondary N) is 1. The van der Waals surface area contributed by atoms with Crippen molar-refractivity contribution in [1.82, 2.24) is 4.72 Å². The lowest BCUT2D eigenvalue weighted by Gasteiger charge is -2.28. The number of ether oxygens (including phenoxy) is 2. The van der Waals surface area contributed by atoms with E-state index in [9.17, 15) is 4.55 Å². The maximum Gasteiger partial charge on any atom is 0.175 e. The number of halogens is 1. The minimum atomic E-state index is -1.13. The van der Waals surface area contributed by atoms with E-state index in [4.69, 9.17) is 9.47 Å². The molecule has 112 valence electrons. The van der Waals surface area contributed by atoms with Crippen LogP contribution in [0.15, 0.2) is 16.6 Å². The van der Waals surface area contributed by atoms with Crippen LogP contribution < -0.4 is 14.2 Å². The Morgan fingerprint density at radius 2 is 1.85 bits per heavy atom. The first kappa shape index (κ1) is 15.9. The molecule has 0 aliphatic carbocycles. The normalized spacial score (nSPS) is 17.7. The van der Waals surface area contributed by atoms with Gasteiger partial charge in [0.25, 0.3) is 0 Å². The largest absolute Gasteiger partial charge is 0.598 e. The maximum atomic E-state index is 12.2. The second-order valence-corrected chi connectivity index (χ2v) is 8.56. The summed E-state index contributed by atoms with van der Waals surface area (Å²) in [5.74, 6) is 1.46. The van der Waals surface area contributed by atoms with Gasteiger partial charge in [-0.15, -0.1) is 4.72 Å². The van der Waals surface area contributed by atoms with Gasteiger partial charge in [-0.2, -0.15) is 0 Å². The lowest BCUT2D eigenvalue weighted by molar-refractivity contribution is 0.168. The molecule has 2 rings (SSSR count). The lowest BCUT2D eigenvalue weighted by Crippen LogP contribution is -2.40. The van der Waals surface area contributed by atoms with E-state index in [1.54, 1.807) is 0 Å². The van der Waals surface area contributed by atoms with E-state index in [1.165, 1.54) is 0 Å². The Balaban J connectivity index is 2.24. The molecule has 1 N–H and O–H groups in total. The second-order valence-electron chi connectivity index (χ2n) is 5.71. The summed E-state index contributed by atoms with van der Waals surface area (Å²) in [6.45, 7) is 8.89. The number of fused-ring (bicyclic) bond motifs is 1. The van der Waals surface area contributed by atoms with Crippen LogP contribution in [-0.4, -0.2) is 22.5 Å². The van der Waals surface area contributed by atoms with Crippen molar-refractivity contribution in [2.75, 3.05) is 13.2 Å². The second kappa shape index (κ2) is 6.13. The van der Waals surface area contributed by atoms with Gasteiger partial charge < -0.3 is 14.0 Å². The summed E-state index contributed by atoms with van der Waals surface area (Å²) in [6, 6.07) is 3.81. The van der Waals surface area contributed by atoms with E-state index in [0.717, 1.165) is 21.5 Å². The van der Waals surface area contributed by atoms with E-state index in [1.807, 2.05) is 39.8 Å². The molecule has 6 heteroatoms. The van der Waals surface area contributed by atoms with Crippen LogP contribution in [0.5, 0.6) is 11.5 Å². The van der Waals surface area contributed by atoms with E-state index in [0.29, 0.717) is 13.2 Å². The number of rotatable bonds is 3. The molecule has 0 radical (unpaired) electrons. The van der Waals surface area contributed by atoms with Gasteiger partial charge in [0.05, 0.1) is 10.5 Å². The fraction of sp³-hybridized carbons (Fsp3) is 0.571. The predicted molar refractivity (Wildman–Crippen MR) is 84.6 cm³/mol. The van der Waals surface area contributed by atoms with E-state index in [-0.39, 0.29) is 10.8 Å². The topological polar surface area (TPSA) is 53.5 Å². The molecule has 2 atom stereocenters. The summed E-state index contributed by atoms with van der Waals surface area (Å²) in [7, 11) is 0. The predicted octanol–water partition coefficient (Wildman–Crippen LogP) is 3.33. The molecule has 0 saturated heterocycles. The van der Waals surface area contributed by atoms with Crippen LogP contribution >= 0.6 is 15.9 Å². The van der Waals surface area contributed by atoms with Crippen LogP contribution in [0.25, 0.3) is 0 Å². The molecule has 0 spiro atoms.